The topological polar surface area (TPSA) is 35.9 Å². The number of aliphatic hydroxyl groups is 1. The van der Waals surface area contributed by atoms with Crippen LogP contribution >= 0.6 is 0 Å². The molecule has 0 radical (unpaired) electrons. The van der Waals surface area contributed by atoms with Gasteiger partial charge in [0.2, 0.25) is 0 Å². The maximum Gasteiger partial charge on any atom is 0.0900 e. The fourth-order valence-corrected chi connectivity index (χ4v) is 4.43. The summed E-state index contributed by atoms with van der Waals surface area (Å²) in [5.74, 6) is 0. The van der Waals surface area contributed by atoms with Crippen molar-refractivity contribution >= 4 is 0 Å². The quantitative estimate of drug-likeness (QED) is 0.800. The molecule has 28 heavy (non-hydrogen) atoms. The zero-order valence-electron chi connectivity index (χ0n) is 16.7. The number of fused-ring (bicyclic) bond motifs is 1. The molecule has 1 N–H and O–H groups in total. The number of hydrogen-bond acceptors (Lipinski definition) is 4. The van der Waals surface area contributed by atoms with E-state index in [1.807, 2.05) is 0 Å². The van der Waals surface area contributed by atoms with Crippen LogP contribution in [-0.2, 0) is 17.7 Å². The van der Waals surface area contributed by atoms with Gasteiger partial charge in [-0.25, -0.2) is 0 Å². The first kappa shape index (κ1) is 19.6. The highest BCUT2D eigenvalue weighted by Gasteiger charge is 2.23. The first-order valence-electron chi connectivity index (χ1n) is 10.6. The minimum atomic E-state index is -0.422. The lowest BCUT2D eigenvalue weighted by molar-refractivity contribution is -0.0325. The summed E-state index contributed by atoms with van der Waals surface area (Å²) in [7, 11) is 0. The molecule has 0 spiro atoms. The second-order valence-corrected chi connectivity index (χ2v) is 8.13. The Morgan fingerprint density at radius 2 is 1.64 bits per heavy atom. The Morgan fingerprint density at radius 3 is 2.46 bits per heavy atom. The molecule has 2 aromatic carbocycles. The van der Waals surface area contributed by atoms with E-state index in [2.05, 4.69) is 64.4 Å². The zero-order chi connectivity index (χ0) is 19.2. The average molecular weight is 381 g/mol. The van der Waals surface area contributed by atoms with Crippen LogP contribution in [0.2, 0.25) is 0 Å². The molecule has 150 valence electrons. The van der Waals surface area contributed by atoms with Crippen LogP contribution in [0.25, 0.3) is 0 Å². The lowest BCUT2D eigenvalue weighted by Crippen LogP contribution is -2.48. The van der Waals surface area contributed by atoms with E-state index in [0.717, 1.165) is 45.6 Å². The smallest absolute Gasteiger partial charge is 0.0900 e. The van der Waals surface area contributed by atoms with Crippen LogP contribution in [-0.4, -0.2) is 60.3 Å². The molecule has 1 saturated heterocycles. The predicted octanol–water partition coefficient (Wildman–Crippen LogP) is 3.26. The van der Waals surface area contributed by atoms with Gasteiger partial charge < -0.3 is 9.84 Å². The summed E-state index contributed by atoms with van der Waals surface area (Å²) in [6.07, 6.45) is 3.09. The van der Waals surface area contributed by atoms with Crippen LogP contribution in [0.1, 0.15) is 35.6 Å². The molecule has 1 aliphatic heterocycles. The lowest BCUT2D eigenvalue weighted by atomic mass is 9.89. The fourth-order valence-electron chi connectivity index (χ4n) is 4.43. The van der Waals surface area contributed by atoms with Crippen LogP contribution in [0.5, 0.6) is 0 Å². The Morgan fingerprint density at radius 1 is 0.929 bits per heavy atom. The van der Waals surface area contributed by atoms with Gasteiger partial charge in [0.25, 0.3) is 0 Å². The molecular formula is C24H32N2O2. The van der Waals surface area contributed by atoms with Crippen molar-refractivity contribution < 1.29 is 9.84 Å². The molecule has 1 fully saturated rings. The third kappa shape index (κ3) is 5.21. The second kappa shape index (κ2) is 9.66. The summed E-state index contributed by atoms with van der Waals surface area (Å²) in [5, 5.41) is 10.5. The molecule has 0 amide bonds. The summed E-state index contributed by atoms with van der Waals surface area (Å²) in [6, 6.07) is 19.2. The van der Waals surface area contributed by atoms with E-state index in [0.29, 0.717) is 13.2 Å². The average Bonchev–Trinajstić information content (AvgIpc) is 2.74. The van der Waals surface area contributed by atoms with Gasteiger partial charge in [-0.3, -0.25) is 9.80 Å². The largest absolute Gasteiger partial charge is 0.389 e. The molecule has 4 nitrogen and oxygen atoms in total. The lowest BCUT2D eigenvalue weighted by Gasteiger charge is -2.36. The van der Waals surface area contributed by atoms with Crippen molar-refractivity contribution in [3.63, 3.8) is 0 Å². The normalized spacial score (nSPS) is 22.0. The Balaban J connectivity index is 1.19. The first-order valence-corrected chi connectivity index (χ1v) is 10.6. The first-order chi connectivity index (χ1) is 13.8. The van der Waals surface area contributed by atoms with Gasteiger partial charge in [-0.1, -0.05) is 54.6 Å². The molecule has 4 heteroatoms. The Labute approximate surface area is 168 Å². The highest BCUT2D eigenvalue weighted by molar-refractivity contribution is 5.31. The molecule has 0 unspecified atom stereocenters. The highest BCUT2D eigenvalue weighted by Crippen LogP contribution is 2.32. The number of aliphatic hydroxyl groups excluding tert-OH is 1. The monoisotopic (exact) mass is 380 g/mol. The van der Waals surface area contributed by atoms with Gasteiger partial charge in [0.05, 0.1) is 18.8 Å². The van der Waals surface area contributed by atoms with Crippen LogP contribution in [0.15, 0.2) is 54.6 Å². The second-order valence-electron chi connectivity index (χ2n) is 8.13. The van der Waals surface area contributed by atoms with Gasteiger partial charge in [0.1, 0.15) is 0 Å². The standard InChI is InChI=1S/C24H32N2O2/c27-22(19-28-24-12-6-10-21-9-4-5-11-23(21)24)18-26-15-13-25(14-16-26)17-20-7-2-1-3-8-20/h1-5,7-9,11,22,24,27H,6,10,12-19H2/t22-,24-/m1/s1. The number of benzene rings is 2. The van der Waals surface area contributed by atoms with E-state index in [4.69, 9.17) is 4.74 Å². The maximum absolute atomic E-state index is 10.5. The van der Waals surface area contributed by atoms with Gasteiger partial charge in [-0.15, -0.1) is 0 Å². The van der Waals surface area contributed by atoms with Gasteiger partial charge >= 0.3 is 0 Å². The molecule has 2 atom stereocenters. The van der Waals surface area contributed by atoms with E-state index in [1.54, 1.807) is 0 Å². The van der Waals surface area contributed by atoms with E-state index in [1.165, 1.54) is 23.1 Å². The third-order valence-corrected chi connectivity index (χ3v) is 5.99. The van der Waals surface area contributed by atoms with Crippen molar-refractivity contribution in [1.29, 1.82) is 0 Å². The van der Waals surface area contributed by atoms with Crippen molar-refractivity contribution in [1.82, 2.24) is 9.80 Å². The van der Waals surface area contributed by atoms with Gasteiger partial charge in [-0.05, 0) is 36.0 Å². The molecule has 1 heterocycles. The van der Waals surface area contributed by atoms with Gasteiger partial charge in [-0.2, -0.15) is 0 Å². The highest BCUT2D eigenvalue weighted by atomic mass is 16.5. The van der Waals surface area contributed by atoms with E-state index >= 15 is 0 Å². The fraction of sp³-hybridized carbons (Fsp3) is 0.500. The van der Waals surface area contributed by atoms with Crippen molar-refractivity contribution in [2.75, 3.05) is 39.3 Å². The number of aryl methyl sites for hydroxylation is 1. The number of ether oxygens (including phenoxy) is 1. The van der Waals surface area contributed by atoms with Crippen LogP contribution in [0, 0.1) is 0 Å². The summed E-state index contributed by atoms with van der Waals surface area (Å²) in [5.41, 5.74) is 4.09. The number of hydrogen-bond donors (Lipinski definition) is 1. The minimum Gasteiger partial charge on any atom is -0.389 e. The minimum absolute atomic E-state index is 0.141. The van der Waals surface area contributed by atoms with Crippen LogP contribution in [0.3, 0.4) is 0 Å². The van der Waals surface area contributed by atoms with Gasteiger partial charge in [0, 0.05) is 39.3 Å². The van der Waals surface area contributed by atoms with Crippen molar-refractivity contribution in [2.45, 2.75) is 38.0 Å². The van der Waals surface area contributed by atoms with E-state index < -0.39 is 6.10 Å². The van der Waals surface area contributed by atoms with Crippen LogP contribution < -0.4 is 0 Å². The van der Waals surface area contributed by atoms with Crippen molar-refractivity contribution in [3.8, 4) is 0 Å². The van der Waals surface area contributed by atoms with E-state index in [9.17, 15) is 5.11 Å². The Hall–Kier alpha value is -1.72. The molecule has 0 saturated carbocycles. The third-order valence-electron chi connectivity index (χ3n) is 5.99. The molecule has 4 rings (SSSR count). The van der Waals surface area contributed by atoms with Crippen LogP contribution in [0.4, 0.5) is 0 Å². The van der Waals surface area contributed by atoms with Crippen molar-refractivity contribution in [2.24, 2.45) is 0 Å². The van der Waals surface area contributed by atoms with Crippen molar-refractivity contribution in [3.05, 3.63) is 71.3 Å². The molecular weight excluding hydrogens is 348 g/mol. The van der Waals surface area contributed by atoms with E-state index in [-0.39, 0.29) is 6.10 Å². The molecule has 2 aromatic rings. The molecule has 0 bridgehead atoms. The van der Waals surface area contributed by atoms with Gasteiger partial charge in [0.15, 0.2) is 0 Å². The molecule has 0 aromatic heterocycles. The summed E-state index contributed by atoms with van der Waals surface area (Å²) < 4.78 is 6.13. The zero-order valence-corrected chi connectivity index (χ0v) is 16.7. The summed E-state index contributed by atoms with van der Waals surface area (Å²) >= 11 is 0. The number of β-amino-alcohol motifs (C(OH)–C–C–N with tert-alkyl or cyclic N) is 1. The Bertz CT molecular complexity index is 728. The number of piperazine rings is 1. The predicted molar refractivity (Wildman–Crippen MR) is 112 cm³/mol. The molecule has 1 aliphatic carbocycles. The molecule has 2 aliphatic rings. The summed E-state index contributed by atoms with van der Waals surface area (Å²) in [4.78, 5) is 4.86. The maximum atomic E-state index is 10.5. The number of nitrogens with zero attached hydrogens (tertiary/aromatic N) is 2. The summed E-state index contributed by atoms with van der Waals surface area (Å²) in [6.45, 7) is 6.27. The Kier molecular flexibility index (Phi) is 6.76. The number of rotatable bonds is 7. The SMILES string of the molecule is O[C@@H](CO[C@@H]1CCCc2ccccc21)CN1CCN(Cc2ccccc2)CC1.